The Bertz CT molecular complexity index is 444. The highest BCUT2D eigenvalue weighted by Crippen LogP contribution is 2.15. The third-order valence-corrected chi connectivity index (χ3v) is 5.97. The first kappa shape index (κ1) is 23.1. The molecule has 0 spiro atoms. The van der Waals surface area contributed by atoms with Crippen LogP contribution in [0.1, 0.15) is 53.4 Å². The van der Waals surface area contributed by atoms with Gasteiger partial charge in [-0.25, -0.2) is 0 Å². The fraction of sp³-hybridized carbons (Fsp3) is 0.905. The summed E-state index contributed by atoms with van der Waals surface area (Å²) in [4.78, 5) is 29.0. The highest BCUT2D eigenvalue weighted by atomic mass is 16.5. The molecule has 0 saturated carbocycles. The molecule has 0 atom stereocenters. The summed E-state index contributed by atoms with van der Waals surface area (Å²) < 4.78 is 12.1. The molecule has 28 heavy (non-hydrogen) atoms. The van der Waals surface area contributed by atoms with Gasteiger partial charge < -0.3 is 19.3 Å². The second-order valence-corrected chi connectivity index (χ2v) is 8.28. The van der Waals surface area contributed by atoms with Crippen molar-refractivity contribution in [2.75, 3.05) is 52.5 Å². The van der Waals surface area contributed by atoms with E-state index >= 15 is 0 Å². The molecule has 7 heteroatoms. The summed E-state index contributed by atoms with van der Waals surface area (Å²) in [6.45, 7) is 14.2. The lowest BCUT2D eigenvalue weighted by Gasteiger charge is -2.33. The van der Waals surface area contributed by atoms with E-state index in [-0.39, 0.29) is 24.0 Å². The standard InChI is InChI=1S/C21H39N3O4/c1-17(2)22(13-15-27-20-5-9-23(10-6-20)18(3)25)14-16-28-21-7-11-24(12-8-21)19(4)26/h17,20-21H,5-16H2,1-4H3. The van der Waals surface area contributed by atoms with Crippen LogP contribution in [0.2, 0.25) is 0 Å². The summed E-state index contributed by atoms with van der Waals surface area (Å²) in [7, 11) is 0. The minimum Gasteiger partial charge on any atom is -0.377 e. The van der Waals surface area contributed by atoms with E-state index in [1.54, 1.807) is 13.8 Å². The highest BCUT2D eigenvalue weighted by Gasteiger charge is 2.23. The number of nitrogens with zero attached hydrogens (tertiary/aromatic N) is 3. The quantitative estimate of drug-likeness (QED) is 0.593. The predicted octanol–water partition coefficient (Wildman–Crippen LogP) is 1.75. The maximum atomic E-state index is 11.4. The second-order valence-electron chi connectivity index (χ2n) is 8.28. The van der Waals surface area contributed by atoms with Gasteiger partial charge in [0.15, 0.2) is 0 Å². The van der Waals surface area contributed by atoms with Crippen LogP contribution in [0.25, 0.3) is 0 Å². The Morgan fingerprint density at radius 1 is 0.821 bits per heavy atom. The zero-order valence-corrected chi connectivity index (χ0v) is 18.2. The van der Waals surface area contributed by atoms with E-state index in [9.17, 15) is 9.59 Å². The molecule has 2 heterocycles. The Kier molecular flexibility index (Phi) is 9.68. The smallest absolute Gasteiger partial charge is 0.219 e. The van der Waals surface area contributed by atoms with Gasteiger partial charge in [-0.1, -0.05) is 0 Å². The molecule has 2 saturated heterocycles. The van der Waals surface area contributed by atoms with E-state index in [4.69, 9.17) is 9.47 Å². The molecular weight excluding hydrogens is 358 g/mol. The summed E-state index contributed by atoms with van der Waals surface area (Å²) in [5.41, 5.74) is 0. The molecule has 0 radical (unpaired) electrons. The summed E-state index contributed by atoms with van der Waals surface area (Å²) in [5, 5.41) is 0. The molecule has 0 bridgehead atoms. The van der Waals surface area contributed by atoms with Gasteiger partial charge in [0.25, 0.3) is 0 Å². The lowest BCUT2D eigenvalue weighted by Crippen LogP contribution is -2.42. The lowest BCUT2D eigenvalue weighted by atomic mass is 10.1. The van der Waals surface area contributed by atoms with Crippen molar-refractivity contribution in [3.8, 4) is 0 Å². The fourth-order valence-corrected chi connectivity index (χ4v) is 3.98. The van der Waals surface area contributed by atoms with E-state index in [0.29, 0.717) is 6.04 Å². The number of piperidine rings is 2. The van der Waals surface area contributed by atoms with Gasteiger partial charge in [0.05, 0.1) is 25.4 Å². The van der Waals surface area contributed by atoms with Crippen LogP contribution >= 0.6 is 0 Å². The molecule has 2 amide bonds. The molecular formula is C21H39N3O4. The Balaban J connectivity index is 1.59. The number of amides is 2. The van der Waals surface area contributed by atoms with Crippen LogP contribution in [-0.2, 0) is 19.1 Å². The van der Waals surface area contributed by atoms with Crippen molar-refractivity contribution in [2.45, 2.75) is 71.6 Å². The van der Waals surface area contributed by atoms with Gasteiger partial charge in [0.2, 0.25) is 11.8 Å². The fourth-order valence-electron chi connectivity index (χ4n) is 3.98. The Labute approximate surface area is 170 Å². The lowest BCUT2D eigenvalue weighted by molar-refractivity contribution is -0.132. The van der Waals surface area contributed by atoms with Crippen molar-refractivity contribution in [3.63, 3.8) is 0 Å². The summed E-state index contributed by atoms with van der Waals surface area (Å²) in [6, 6.07) is 0.450. The number of rotatable bonds is 9. The predicted molar refractivity (Wildman–Crippen MR) is 109 cm³/mol. The molecule has 2 fully saturated rings. The van der Waals surface area contributed by atoms with Crippen molar-refractivity contribution in [1.82, 2.24) is 14.7 Å². The molecule has 0 aromatic heterocycles. The molecule has 0 aliphatic carbocycles. The molecule has 0 aromatic rings. The minimum atomic E-state index is 0.163. The monoisotopic (exact) mass is 397 g/mol. The third-order valence-electron chi connectivity index (χ3n) is 5.97. The Morgan fingerprint density at radius 3 is 1.46 bits per heavy atom. The third kappa shape index (κ3) is 7.68. The summed E-state index contributed by atoms with van der Waals surface area (Å²) >= 11 is 0. The van der Waals surface area contributed by atoms with Crippen molar-refractivity contribution < 1.29 is 19.1 Å². The molecule has 0 unspecified atom stereocenters. The van der Waals surface area contributed by atoms with E-state index in [0.717, 1.165) is 78.2 Å². The van der Waals surface area contributed by atoms with Gasteiger partial charge in [0, 0.05) is 59.2 Å². The van der Waals surface area contributed by atoms with Gasteiger partial charge in [0.1, 0.15) is 0 Å². The van der Waals surface area contributed by atoms with Crippen LogP contribution < -0.4 is 0 Å². The van der Waals surface area contributed by atoms with Crippen LogP contribution in [0.15, 0.2) is 0 Å². The maximum Gasteiger partial charge on any atom is 0.219 e. The number of hydrogen-bond donors (Lipinski definition) is 0. The van der Waals surface area contributed by atoms with E-state index in [1.807, 2.05) is 9.80 Å². The van der Waals surface area contributed by atoms with Gasteiger partial charge in [-0.05, 0) is 39.5 Å². The van der Waals surface area contributed by atoms with Crippen LogP contribution in [0.5, 0.6) is 0 Å². The van der Waals surface area contributed by atoms with E-state index in [2.05, 4.69) is 18.7 Å². The van der Waals surface area contributed by atoms with Gasteiger partial charge in [-0.2, -0.15) is 0 Å². The van der Waals surface area contributed by atoms with Gasteiger partial charge >= 0.3 is 0 Å². The van der Waals surface area contributed by atoms with Crippen molar-refractivity contribution >= 4 is 11.8 Å². The zero-order chi connectivity index (χ0) is 20.5. The summed E-state index contributed by atoms with van der Waals surface area (Å²) in [5.74, 6) is 0.327. The minimum absolute atomic E-state index is 0.163. The molecule has 2 rings (SSSR count). The average Bonchev–Trinajstić information content (AvgIpc) is 2.67. The first-order valence-corrected chi connectivity index (χ1v) is 10.8. The van der Waals surface area contributed by atoms with Gasteiger partial charge in [-0.3, -0.25) is 14.5 Å². The molecule has 7 nitrogen and oxygen atoms in total. The van der Waals surface area contributed by atoms with Crippen molar-refractivity contribution in [3.05, 3.63) is 0 Å². The number of hydrogen-bond acceptors (Lipinski definition) is 5. The normalized spacial score (nSPS) is 19.6. The highest BCUT2D eigenvalue weighted by molar-refractivity contribution is 5.73. The first-order valence-electron chi connectivity index (χ1n) is 10.8. The number of carbonyl (C=O) groups excluding carboxylic acids is 2. The van der Waals surface area contributed by atoms with Crippen molar-refractivity contribution in [1.29, 1.82) is 0 Å². The number of carbonyl (C=O) groups is 2. The molecule has 0 N–H and O–H groups in total. The largest absolute Gasteiger partial charge is 0.377 e. The molecule has 0 aromatic carbocycles. The van der Waals surface area contributed by atoms with E-state index in [1.165, 1.54) is 0 Å². The Hall–Kier alpha value is -1.18. The van der Waals surface area contributed by atoms with Crippen LogP contribution in [-0.4, -0.2) is 97.2 Å². The molecule has 2 aliphatic heterocycles. The van der Waals surface area contributed by atoms with Crippen molar-refractivity contribution in [2.24, 2.45) is 0 Å². The Morgan fingerprint density at radius 2 is 1.18 bits per heavy atom. The topological polar surface area (TPSA) is 62.3 Å². The van der Waals surface area contributed by atoms with Crippen LogP contribution in [0, 0.1) is 0 Å². The first-order chi connectivity index (χ1) is 13.4. The average molecular weight is 398 g/mol. The number of ether oxygens (including phenoxy) is 2. The van der Waals surface area contributed by atoms with Crippen LogP contribution in [0.3, 0.4) is 0 Å². The zero-order valence-electron chi connectivity index (χ0n) is 18.2. The van der Waals surface area contributed by atoms with E-state index < -0.39 is 0 Å². The second kappa shape index (κ2) is 11.7. The molecule has 162 valence electrons. The van der Waals surface area contributed by atoms with Gasteiger partial charge in [-0.15, -0.1) is 0 Å². The maximum absolute atomic E-state index is 11.4. The van der Waals surface area contributed by atoms with Crippen LogP contribution in [0.4, 0.5) is 0 Å². The summed E-state index contributed by atoms with van der Waals surface area (Å²) in [6.07, 6.45) is 4.28. The SMILES string of the molecule is CC(=O)N1CCC(OCCN(CCOC2CCN(C(C)=O)CC2)C(C)C)CC1. The molecule has 2 aliphatic rings. The number of likely N-dealkylation sites (tertiary alicyclic amines) is 2.